The molecule has 1 fully saturated rings. The zero-order valence-electron chi connectivity index (χ0n) is 17.1. The van der Waals surface area contributed by atoms with Crippen LogP contribution in [0.3, 0.4) is 0 Å². The maximum atomic E-state index is 5.39. The highest BCUT2D eigenvalue weighted by Gasteiger charge is 2.24. The van der Waals surface area contributed by atoms with Crippen LogP contribution in [0.25, 0.3) is 0 Å². The number of aliphatic imine (C=N–C) groups is 1. The summed E-state index contributed by atoms with van der Waals surface area (Å²) in [4.78, 5) is 6.87. The second-order valence-corrected chi connectivity index (χ2v) is 7.20. The molecule has 1 atom stereocenters. The lowest BCUT2D eigenvalue weighted by atomic mass is 9.99. The van der Waals surface area contributed by atoms with Crippen LogP contribution in [-0.4, -0.2) is 51.8 Å². The molecule has 0 aliphatic carbocycles. The first-order chi connectivity index (χ1) is 13.7. The van der Waals surface area contributed by atoms with Gasteiger partial charge in [-0.2, -0.15) is 0 Å². The number of nitrogens with one attached hydrogen (secondary N) is 1. The van der Waals surface area contributed by atoms with Gasteiger partial charge in [0.25, 0.3) is 0 Å². The van der Waals surface area contributed by atoms with Crippen LogP contribution in [0.5, 0.6) is 11.5 Å². The van der Waals surface area contributed by atoms with Crippen LogP contribution in [0.4, 0.5) is 0 Å². The molecule has 2 aromatic rings. The fourth-order valence-electron chi connectivity index (χ4n) is 3.83. The summed E-state index contributed by atoms with van der Waals surface area (Å²) in [5.41, 5.74) is 2.63. The van der Waals surface area contributed by atoms with E-state index >= 15 is 0 Å². The van der Waals surface area contributed by atoms with E-state index in [2.05, 4.69) is 51.6 Å². The van der Waals surface area contributed by atoms with E-state index in [1.807, 2.05) is 19.2 Å². The molecule has 3 rings (SSSR count). The fraction of sp³-hybridized carbons (Fsp3) is 0.435. The van der Waals surface area contributed by atoms with Gasteiger partial charge in [0, 0.05) is 26.7 Å². The molecule has 5 heteroatoms. The Bertz CT molecular complexity index is 777. The number of ether oxygens (including phenoxy) is 2. The standard InChI is InChI=1S/C23H31N3O2/c1-24-23(25-13-11-19-9-10-21(27-2)22(16-19)28-3)26-14-12-20(17-26)15-18-7-5-4-6-8-18/h4-10,16,20H,11-15,17H2,1-3H3,(H,24,25). The van der Waals surface area contributed by atoms with E-state index in [9.17, 15) is 0 Å². The Morgan fingerprint density at radius 2 is 1.86 bits per heavy atom. The molecule has 0 amide bonds. The van der Waals surface area contributed by atoms with E-state index in [1.54, 1.807) is 14.2 Å². The molecule has 0 spiro atoms. The zero-order chi connectivity index (χ0) is 19.8. The Hall–Kier alpha value is -2.69. The number of benzene rings is 2. The maximum Gasteiger partial charge on any atom is 0.193 e. The van der Waals surface area contributed by atoms with Crippen molar-refractivity contribution < 1.29 is 9.47 Å². The Balaban J connectivity index is 1.49. The number of likely N-dealkylation sites (tertiary alicyclic amines) is 1. The zero-order valence-corrected chi connectivity index (χ0v) is 17.1. The highest BCUT2D eigenvalue weighted by molar-refractivity contribution is 5.80. The minimum Gasteiger partial charge on any atom is -0.493 e. The molecule has 28 heavy (non-hydrogen) atoms. The molecule has 1 heterocycles. The summed E-state index contributed by atoms with van der Waals surface area (Å²) >= 11 is 0. The lowest BCUT2D eigenvalue weighted by Gasteiger charge is -2.22. The summed E-state index contributed by atoms with van der Waals surface area (Å²) in [5.74, 6) is 3.21. The number of hydrogen-bond acceptors (Lipinski definition) is 3. The average Bonchev–Trinajstić information content (AvgIpc) is 3.20. The molecule has 1 N–H and O–H groups in total. The SMILES string of the molecule is CN=C(NCCc1ccc(OC)c(OC)c1)N1CCC(Cc2ccccc2)C1. The number of guanidine groups is 1. The summed E-state index contributed by atoms with van der Waals surface area (Å²) in [6.07, 6.45) is 3.26. The molecular formula is C23H31N3O2. The van der Waals surface area contributed by atoms with E-state index in [-0.39, 0.29) is 0 Å². The number of nitrogens with zero attached hydrogens (tertiary/aromatic N) is 2. The Morgan fingerprint density at radius 1 is 1.07 bits per heavy atom. The Morgan fingerprint density at radius 3 is 2.57 bits per heavy atom. The van der Waals surface area contributed by atoms with Crippen LogP contribution >= 0.6 is 0 Å². The van der Waals surface area contributed by atoms with Gasteiger partial charge in [-0.25, -0.2) is 0 Å². The lowest BCUT2D eigenvalue weighted by Crippen LogP contribution is -2.41. The summed E-state index contributed by atoms with van der Waals surface area (Å²) in [5, 5.41) is 3.51. The number of hydrogen-bond donors (Lipinski definition) is 1. The minimum atomic E-state index is 0.687. The topological polar surface area (TPSA) is 46.1 Å². The number of methoxy groups -OCH3 is 2. The van der Waals surface area contributed by atoms with Crippen molar-refractivity contribution in [3.8, 4) is 11.5 Å². The van der Waals surface area contributed by atoms with Crippen molar-refractivity contribution in [3.63, 3.8) is 0 Å². The van der Waals surface area contributed by atoms with Gasteiger partial charge in [0.1, 0.15) is 0 Å². The Labute approximate surface area is 168 Å². The van der Waals surface area contributed by atoms with Crippen LogP contribution in [0, 0.1) is 5.92 Å². The van der Waals surface area contributed by atoms with Crippen LogP contribution in [0.1, 0.15) is 17.5 Å². The molecule has 0 radical (unpaired) electrons. The van der Waals surface area contributed by atoms with Gasteiger partial charge < -0.3 is 19.7 Å². The average molecular weight is 382 g/mol. The molecule has 150 valence electrons. The monoisotopic (exact) mass is 381 g/mol. The van der Waals surface area contributed by atoms with E-state index < -0.39 is 0 Å². The van der Waals surface area contributed by atoms with Crippen molar-refractivity contribution in [2.24, 2.45) is 10.9 Å². The van der Waals surface area contributed by atoms with E-state index in [0.29, 0.717) is 5.92 Å². The largest absolute Gasteiger partial charge is 0.493 e. The highest BCUT2D eigenvalue weighted by atomic mass is 16.5. The molecule has 5 nitrogen and oxygen atoms in total. The normalized spacial score (nSPS) is 16.9. The number of rotatable bonds is 7. The van der Waals surface area contributed by atoms with Crippen LogP contribution in [-0.2, 0) is 12.8 Å². The third-order valence-electron chi connectivity index (χ3n) is 5.31. The smallest absolute Gasteiger partial charge is 0.193 e. The van der Waals surface area contributed by atoms with Gasteiger partial charge in [-0.1, -0.05) is 36.4 Å². The quantitative estimate of drug-likeness (QED) is 0.590. The third kappa shape index (κ3) is 5.18. The van der Waals surface area contributed by atoms with Gasteiger partial charge in [-0.15, -0.1) is 0 Å². The van der Waals surface area contributed by atoms with Crippen molar-refractivity contribution >= 4 is 5.96 Å². The van der Waals surface area contributed by atoms with E-state index in [4.69, 9.17) is 9.47 Å². The van der Waals surface area contributed by atoms with Gasteiger partial charge in [0.05, 0.1) is 14.2 Å². The third-order valence-corrected chi connectivity index (χ3v) is 5.31. The lowest BCUT2D eigenvalue weighted by molar-refractivity contribution is 0.354. The first kappa shape index (κ1) is 20.1. The predicted octanol–water partition coefficient (Wildman–Crippen LogP) is 3.39. The van der Waals surface area contributed by atoms with Gasteiger partial charge in [0.2, 0.25) is 0 Å². The fourth-order valence-corrected chi connectivity index (χ4v) is 3.83. The Kier molecular flexibility index (Phi) is 7.18. The van der Waals surface area contributed by atoms with E-state index in [1.165, 1.54) is 17.5 Å². The maximum absolute atomic E-state index is 5.39. The van der Waals surface area contributed by atoms with E-state index in [0.717, 1.165) is 49.9 Å². The second-order valence-electron chi connectivity index (χ2n) is 7.20. The molecule has 2 aromatic carbocycles. The van der Waals surface area contributed by atoms with Crippen LogP contribution in [0.15, 0.2) is 53.5 Å². The summed E-state index contributed by atoms with van der Waals surface area (Å²) in [7, 11) is 5.19. The molecule has 1 aliphatic rings. The molecule has 1 aliphatic heterocycles. The van der Waals surface area contributed by atoms with Gasteiger partial charge in [-0.05, 0) is 48.4 Å². The molecule has 0 saturated carbocycles. The molecule has 1 unspecified atom stereocenters. The van der Waals surface area contributed by atoms with Crippen molar-refractivity contribution in [2.75, 3.05) is 40.9 Å². The summed E-state index contributed by atoms with van der Waals surface area (Å²) in [6.45, 7) is 2.96. The van der Waals surface area contributed by atoms with Crippen molar-refractivity contribution in [1.82, 2.24) is 10.2 Å². The van der Waals surface area contributed by atoms with Gasteiger partial charge >= 0.3 is 0 Å². The highest BCUT2D eigenvalue weighted by Crippen LogP contribution is 2.27. The second kappa shape index (κ2) is 10.0. The van der Waals surface area contributed by atoms with Crippen molar-refractivity contribution in [1.29, 1.82) is 0 Å². The van der Waals surface area contributed by atoms with Crippen LogP contribution < -0.4 is 14.8 Å². The van der Waals surface area contributed by atoms with Crippen LogP contribution in [0.2, 0.25) is 0 Å². The molecule has 0 bridgehead atoms. The first-order valence-electron chi connectivity index (χ1n) is 9.94. The molecular weight excluding hydrogens is 350 g/mol. The minimum absolute atomic E-state index is 0.687. The van der Waals surface area contributed by atoms with Crippen molar-refractivity contribution in [2.45, 2.75) is 19.3 Å². The summed E-state index contributed by atoms with van der Waals surface area (Å²) < 4.78 is 10.7. The van der Waals surface area contributed by atoms with Gasteiger partial charge in [0.15, 0.2) is 17.5 Å². The predicted molar refractivity (Wildman–Crippen MR) is 114 cm³/mol. The van der Waals surface area contributed by atoms with Crippen molar-refractivity contribution in [3.05, 3.63) is 59.7 Å². The molecule has 1 saturated heterocycles. The summed E-state index contributed by atoms with van der Waals surface area (Å²) in [6, 6.07) is 16.8. The first-order valence-corrected chi connectivity index (χ1v) is 9.94. The molecule has 0 aromatic heterocycles. The van der Waals surface area contributed by atoms with Gasteiger partial charge in [-0.3, -0.25) is 4.99 Å².